The number of carbonyl (C=O) groups is 1. The highest BCUT2D eigenvalue weighted by Crippen LogP contribution is 2.34. The molecular formula is C19H20N4O. The Kier molecular flexibility index (Phi) is 4.16. The first-order valence-electron chi connectivity index (χ1n) is 7.97. The monoisotopic (exact) mass is 320 g/mol. The Morgan fingerprint density at radius 1 is 1.17 bits per heavy atom. The molecule has 0 aliphatic carbocycles. The minimum Gasteiger partial charge on any atom is -0.396 e. The van der Waals surface area contributed by atoms with Crippen molar-refractivity contribution >= 4 is 22.5 Å². The van der Waals surface area contributed by atoms with Gasteiger partial charge in [-0.25, -0.2) is 0 Å². The molecule has 0 fully saturated rings. The van der Waals surface area contributed by atoms with Gasteiger partial charge >= 0.3 is 0 Å². The van der Waals surface area contributed by atoms with Crippen molar-refractivity contribution in [2.75, 3.05) is 5.73 Å². The van der Waals surface area contributed by atoms with Crippen molar-refractivity contribution in [3.05, 3.63) is 53.2 Å². The van der Waals surface area contributed by atoms with Crippen LogP contribution in [0.15, 0.2) is 36.4 Å². The normalized spacial score (nSPS) is 10.9. The zero-order valence-electron chi connectivity index (χ0n) is 13.8. The van der Waals surface area contributed by atoms with Gasteiger partial charge < -0.3 is 11.5 Å². The van der Waals surface area contributed by atoms with Crippen molar-refractivity contribution in [3.8, 4) is 11.1 Å². The van der Waals surface area contributed by atoms with Gasteiger partial charge in [0.1, 0.15) is 5.52 Å². The van der Waals surface area contributed by atoms with Crippen molar-refractivity contribution in [2.24, 2.45) is 5.73 Å². The summed E-state index contributed by atoms with van der Waals surface area (Å²) in [5.74, 6) is -0.662. The second kappa shape index (κ2) is 6.28. The average Bonchev–Trinajstić information content (AvgIpc) is 2.55. The van der Waals surface area contributed by atoms with Crippen LogP contribution in [0.25, 0.3) is 22.0 Å². The van der Waals surface area contributed by atoms with E-state index in [4.69, 9.17) is 11.5 Å². The Morgan fingerprint density at radius 3 is 2.62 bits per heavy atom. The first kappa shape index (κ1) is 15.9. The first-order chi connectivity index (χ1) is 11.5. The van der Waals surface area contributed by atoms with E-state index in [-0.39, 0.29) is 5.69 Å². The number of anilines is 1. The van der Waals surface area contributed by atoms with E-state index in [0.29, 0.717) is 11.2 Å². The van der Waals surface area contributed by atoms with Gasteiger partial charge in [0.25, 0.3) is 5.91 Å². The van der Waals surface area contributed by atoms with Crippen LogP contribution in [0.4, 0.5) is 5.69 Å². The van der Waals surface area contributed by atoms with E-state index in [2.05, 4.69) is 23.2 Å². The zero-order valence-corrected chi connectivity index (χ0v) is 13.8. The molecule has 0 unspecified atom stereocenters. The van der Waals surface area contributed by atoms with E-state index in [9.17, 15) is 4.79 Å². The lowest BCUT2D eigenvalue weighted by Gasteiger charge is -2.13. The minimum absolute atomic E-state index is 0.0289. The lowest BCUT2D eigenvalue weighted by Crippen LogP contribution is -2.17. The Labute approximate surface area is 140 Å². The van der Waals surface area contributed by atoms with Gasteiger partial charge in [-0.1, -0.05) is 55.3 Å². The molecule has 3 rings (SSSR count). The second-order valence-corrected chi connectivity index (χ2v) is 5.94. The van der Waals surface area contributed by atoms with Crippen LogP contribution in [0.3, 0.4) is 0 Å². The Hall–Kier alpha value is -2.95. The van der Waals surface area contributed by atoms with E-state index in [0.717, 1.165) is 40.5 Å². The van der Waals surface area contributed by atoms with E-state index >= 15 is 0 Å². The molecule has 0 radical (unpaired) electrons. The number of hydrogen-bond acceptors (Lipinski definition) is 4. The number of benzene rings is 2. The van der Waals surface area contributed by atoms with Crippen LogP contribution in [0, 0.1) is 6.92 Å². The number of carbonyl (C=O) groups excluding carboxylic acids is 1. The third kappa shape index (κ3) is 2.69. The summed E-state index contributed by atoms with van der Waals surface area (Å²) in [4.78, 5) is 11.6. The molecule has 1 heterocycles. The van der Waals surface area contributed by atoms with Crippen molar-refractivity contribution in [3.63, 3.8) is 0 Å². The van der Waals surface area contributed by atoms with Gasteiger partial charge in [0.05, 0.1) is 5.69 Å². The highest BCUT2D eigenvalue weighted by molar-refractivity contribution is 6.08. The third-order valence-corrected chi connectivity index (χ3v) is 4.12. The van der Waals surface area contributed by atoms with Crippen molar-refractivity contribution in [1.82, 2.24) is 10.2 Å². The van der Waals surface area contributed by atoms with Gasteiger partial charge in [0.2, 0.25) is 0 Å². The molecule has 1 aromatic heterocycles. The SMILES string of the molecule is CCCc1ccc(-c2cccc(C)c2)c2nnc(C(N)=O)c(N)c12. The standard InChI is InChI=1S/C19H20N4O/c1-3-5-12-8-9-14(13-7-4-6-11(2)10-13)17-15(12)16(20)18(19(21)24)23-22-17/h4,6-10H,3,5H2,1-2H3,(H2,20,22)(H2,21,24). The molecule has 122 valence electrons. The highest BCUT2D eigenvalue weighted by atomic mass is 16.1. The zero-order chi connectivity index (χ0) is 17.3. The predicted molar refractivity (Wildman–Crippen MR) is 96.6 cm³/mol. The molecule has 24 heavy (non-hydrogen) atoms. The number of hydrogen-bond donors (Lipinski definition) is 2. The molecule has 0 aliphatic heterocycles. The van der Waals surface area contributed by atoms with Crippen molar-refractivity contribution in [1.29, 1.82) is 0 Å². The Morgan fingerprint density at radius 2 is 1.96 bits per heavy atom. The molecule has 5 heteroatoms. The predicted octanol–water partition coefficient (Wildman–Crippen LogP) is 3.24. The first-order valence-corrected chi connectivity index (χ1v) is 7.97. The number of aromatic nitrogens is 2. The van der Waals surface area contributed by atoms with Gasteiger partial charge in [0.15, 0.2) is 5.69 Å². The summed E-state index contributed by atoms with van der Waals surface area (Å²) in [6.45, 7) is 4.14. The molecule has 0 saturated carbocycles. The minimum atomic E-state index is -0.662. The van der Waals surface area contributed by atoms with E-state index in [1.165, 1.54) is 0 Å². The van der Waals surface area contributed by atoms with Crippen molar-refractivity contribution in [2.45, 2.75) is 26.7 Å². The van der Waals surface area contributed by atoms with E-state index in [1.54, 1.807) is 0 Å². The van der Waals surface area contributed by atoms with Crippen LogP contribution < -0.4 is 11.5 Å². The summed E-state index contributed by atoms with van der Waals surface area (Å²) in [6.07, 6.45) is 1.81. The summed E-state index contributed by atoms with van der Waals surface area (Å²) in [6, 6.07) is 12.3. The number of primary amides is 1. The molecule has 0 saturated heterocycles. The number of rotatable bonds is 4. The number of nitrogen functional groups attached to an aromatic ring is 1. The quantitative estimate of drug-likeness (QED) is 0.771. The average molecular weight is 320 g/mol. The molecule has 0 aliphatic rings. The number of fused-ring (bicyclic) bond motifs is 1. The molecule has 0 spiro atoms. The van der Waals surface area contributed by atoms with Gasteiger partial charge in [-0.2, -0.15) is 0 Å². The molecule has 2 aromatic carbocycles. The van der Waals surface area contributed by atoms with Gasteiger partial charge in [0, 0.05) is 10.9 Å². The lowest BCUT2D eigenvalue weighted by molar-refractivity contribution is 0.0996. The summed E-state index contributed by atoms with van der Waals surface area (Å²) in [5, 5.41) is 9.02. The van der Waals surface area contributed by atoms with Crippen LogP contribution in [0.5, 0.6) is 0 Å². The van der Waals surface area contributed by atoms with Crippen LogP contribution in [0.1, 0.15) is 35.0 Å². The molecule has 0 bridgehead atoms. The summed E-state index contributed by atoms with van der Waals surface area (Å²) in [5.41, 5.74) is 16.9. The fraction of sp³-hybridized carbons (Fsp3) is 0.211. The number of amides is 1. The fourth-order valence-corrected chi connectivity index (χ4v) is 3.01. The lowest BCUT2D eigenvalue weighted by atomic mass is 9.95. The maximum atomic E-state index is 11.6. The fourth-order valence-electron chi connectivity index (χ4n) is 3.01. The van der Waals surface area contributed by atoms with E-state index < -0.39 is 5.91 Å². The topological polar surface area (TPSA) is 94.9 Å². The Bertz CT molecular complexity index is 934. The van der Waals surface area contributed by atoms with Crippen molar-refractivity contribution < 1.29 is 4.79 Å². The second-order valence-electron chi connectivity index (χ2n) is 5.94. The van der Waals surface area contributed by atoms with Crippen LogP contribution in [-0.2, 0) is 6.42 Å². The number of nitrogens with zero attached hydrogens (tertiary/aromatic N) is 2. The third-order valence-electron chi connectivity index (χ3n) is 4.12. The molecule has 0 atom stereocenters. The van der Waals surface area contributed by atoms with Gasteiger partial charge in [-0.15, -0.1) is 10.2 Å². The maximum absolute atomic E-state index is 11.6. The van der Waals surface area contributed by atoms with Gasteiger partial charge in [-0.05, 0) is 24.5 Å². The largest absolute Gasteiger partial charge is 0.396 e. The highest BCUT2D eigenvalue weighted by Gasteiger charge is 2.18. The molecule has 1 amide bonds. The Balaban J connectivity index is 2.36. The van der Waals surface area contributed by atoms with Gasteiger partial charge in [-0.3, -0.25) is 4.79 Å². The summed E-state index contributed by atoms with van der Waals surface area (Å²) >= 11 is 0. The number of nitrogens with two attached hydrogens (primary N) is 2. The molecule has 3 aromatic rings. The van der Waals surface area contributed by atoms with Crippen LogP contribution >= 0.6 is 0 Å². The molecule has 5 nitrogen and oxygen atoms in total. The smallest absolute Gasteiger partial charge is 0.271 e. The van der Waals surface area contributed by atoms with E-state index in [1.807, 2.05) is 37.3 Å². The van der Waals surface area contributed by atoms with Crippen LogP contribution in [-0.4, -0.2) is 16.1 Å². The number of aryl methyl sites for hydroxylation is 2. The molecule has 4 N–H and O–H groups in total. The maximum Gasteiger partial charge on any atom is 0.271 e. The summed E-state index contributed by atoms with van der Waals surface area (Å²) in [7, 11) is 0. The molecular weight excluding hydrogens is 300 g/mol. The van der Waals surface area contributed by atoms with Crippen LogP contribution in [0.2, 0.25) is 0 Å². The summed E-state index contributed by atoms with van der Waals surface area (Å²) < 4.78 is 0.